The normalized spacial score (nSPS) is 27.2. The summed E-state index contributed by atoms with van der Waals surface area (Å²) in [6.45, 7) is 4.55. The number of hydrogen-bond donors (Lipinski definition) is 1. The van der Waals surface area contributed by atoms with E-state index in [1.807, 2.05) is 25.1 Å². The van der Waals surface area contributed by atoms with Gasteiger partial charge < -0.3 is 14.9 Å². The van der Waals surface area contributed by atoms with E-state index in [0.717, 1.165) is 31.6 Å². The average molecular weight is 331 g/mol. The van der Waals surface area contributed by atoms with Crippen LogP contribution >= 0.6 is 0 Å². The molecule has 2 aliphatic heterocycles. The van der Waals surface area contributed by atoms with Crippen LogP contribution in [0.3, 0.4) is 0 Å². The number of carboxylic acid groups (broad SMARTS) is 1. The zero-order chi connectivity index (χ0) is 17.3. The number of rotatable bonds is 3. The molecule has 2 fully saturated rings. The van der Waals surface area contributed by atoms with Crippen molar-refractivity contribution in [1.29, 1.82) is 0 Å². The summed E-state index contributed by atoms with van der Waals surface area (Å²) in [7, 11) is 2.07. The number of amides is 1. The third-order valence-electron chi connectivity index (χ3n) is 5.60. The standard InChI is InChI=1S/C18H25N3O3/c1-18(6-9-20(2)10-7-18)17(24)21-11-13(14(12-21)16(22)23)15-5-3-4-8-19-15/h3-5,8,13-14H,6-7,9-12H2,1-2H3,(H,22,23)/t13-,14-/m0/s1. The van der Waals surface area contributed by atoms with E-state index in [1.165, 1.54) is 0 Å². The van der Waals surface area contributed by atoms with Crippen molar-refractivity contribution in [2.45, 2.75) is 25.7 Å². The molecule has 0 spiro atoms. The van der Waals surface area contributed by atoms with Crippen LogP contribution in [-0.4, -0.2) is 65.0 Å². The number of carboxylic acids is 1. The second-order valence-electron chi connectivity index (χ2n) is 7.38. The van der Waals surface area contributed by atoms with Gasteiger partial charge in [0.05, 0.1) is 5.92 Å². The molecular weight excluding hydrogens is 306 g/mol. The first kappa shape index (κ1) is 16.9. The Hall–Kier alpha value is -1.95. The molecule has 130 valence electrons. The molecule has 1 aromatic heterocycles. The summed E-state index contributed by atoms with van der Waals surface area (Å²) in [5.74, 6) is -1.57. The zero-order valence-electron chi connectivity index (χ0n) is 14.3. The monoisotopic (exact) mass is 331 g/mol. The molecule has 3 rings (SSSR count). The van der Waals surface area contributed by atoms with Crippen molar-refractivity contribution in [3.05, 3.63) is 30.1 Å². The first-order chi connectivity index (χ1) is 11.4. The number of pyridine rings is 1. The van der Waals surface area contributed by atoms with Crippen molar-refractivity contribution in [2.24, 2.45) is 11.3 Å². The van der Waals surface area contributed by atoms with Gasteiger partial charge in [0, 0.05) is 36.3 Å². The van der Waals surface area contributed by atoms with E-state index in [-0.39, 0.29) is 23.8 Å². The summed E-state index contributed by atoms with van der Waals surface area (Å²) in [4.78, 5) is 33.1. The lowest BCUT2D eigenvalue weighted by Crippen LogP contribution is -2.47. The highest BCUT2D eigenvalue weighted by Gasteiger charge is 2.46. The van der Waals surface area contributed by atoms with Crippen molar-refractivity contribution in [3.63, 3.8) is 0 Å². The Balaban J connectivity index is 1.78. The maximum Gasteiger partial charge on any atom is 0.309 e. The molecule has 0 saturated carbocycles. The van der Waals surface area contributed by atoms with Gasteiger partial charge in [0.25, 0.3) is 0 Å². The molecule has 0 aliphatic carbocycles. The lowest BCUT2D eigenvalue weighted by molar-refractivity contribution is -0.144. The Labute approximate surface area is 142 Å². The van der Waals surface area contributed by atoms with E-state index in [0.29, 0.717) is 6.54 Å². The second kappa shape index (κ2) is 6.51. The SMILES string of the molecule is CN1CCC(C)(C(=O)N2C[C@H](C(=O)O)[C@@H](c3ccccn3)C2)CC1. The maximum absolute atomic E-state index is 13.1. The van der Waals surface area contributed by atoms with Gasteiger partial charge in [-0.2, -0.15) is 0 Å². The molecule has 2 atom stereocenters. The lowest BCUT2D eigenvalue weighted by Gasteiger charge is -2.39. The third kappa shape index (κ3) is 3.15. The number of carbonyl (C=O) groups excluding carboxylic acids is 1. The summed E-state index contributed by atoms with van der Waals surface area (Å²) in [5, 5.41) is 9.58. The maximum atomic E-state index is 13.1. The molecule has 1 N–H and O–H groups in total. The highest BCUT2D eigenvalue weighted by molar-refractivity contribution is 5.84. The van der Waals surface area contributed by atoms with Gasteiger partial charge in [-0.25, -0.2) is 0 Å². The number of likely N-dealkylation sites (tertiary alicyclic amines) is 2. The van der Waals surface area contributed by atoms with E-state index in [2.05, 4.69) is 16.9 Å². The van der Waals surface area contributed by atoms with Crippen molar-refractivity contribution < 1.29 is 14.7 Å². The van der Waals surface area contributed by atoms with Crippen LogP contribution in [0.4, 0.5) is 0 Å². The van der Waals surface area contributed by atoms with Crippen LogP contribution in [-0.2, 0) is 9.59 Å². The highest BCUT2D eigenvalue weighted by Crippen LogP contribution is 2.38. The van der Waals surface area contributed by atoms with Crippen molar-refractivity contribution in [2.75, 3.05) is 33.2 Å². The van der Waals surface area contributed by atoms with E-state index in [4.69, 9.17) is 0 Å². The molecule has 0 unspecified atom stereocenters. The summed E-state index contributed by atoms with van der Waals surface area (Å²) in [6, 6.07) is 5.53. The Kier molecular flexibility index (Phi) is 4.58. The minimum absolute atomic E-state index is 0.0975. The van der Waals surface area contributed by atoms with Crippen LogP contribution in [0.1, 0.15) is 31.4 Å². The molecule has 0 bridgehead atoms. The Bertz CT molecular complexity index is 611. The molecule has 1 amide bonds. The molecule has 2 aliphatic rings. The Morgan fingerprint density at radius 3 is 2.54 bits per heavy atom. The summed E-state index contributed by atoms with van der Waals surface area (Å²) in [5.41, 5.74) is 0.378. The fraction of sp³-hybridized carbons (Fsp3) is 0.611. The number of aromatic nitrogens is 1. The molecule has 6 nitrogen and oxygen atoms in total. The van der Waals surface area contributed by atoms with Gasteiger partial charge in [0.1, 0.15) is 0 Å². The van der Waals surface area contributed by atoms with Gasteiger partial charge in [0.15, 0.2) is 0 Å². The van der Waals surface area contributed by atoms with Gasteiger partial charge in [-0.15, -0.1) is 0 Å². The fourth-order valence-electron chi connectivity index (χ4n) is 3.82. The number of aliphatic carboxylic acids is 1. The van der Waals surface area contributed by atoms with Gasteiger partial charge in [-0.1, -0.05) is 13.0 Å². The first-order valence-corrected chi connectivity index (χ1v) is 8.52. The van der Waals surface area contributed by atoms with Gasteiger partial charge in [0.2, 0.25) is 5.91 Å². The molecule has 2 saturated heterocycles. The molecular formula is C18H25N3O3. The topological polar surface area (TPSA) is 73.7 Å². The van der Waals surface area contributed by atoms with Crippen molar-refractivity contribution in [3.8, 4) is 0 Å². The van der Waals surface area contributed by atoms with Crippen molar-refractivity contribution >= 4 is 11.9 Å². The molecule has 0 radical (unpaired) electrons. The van der Waals surface area contributed by atoms with Gasteiger partial charge in [-0.3, -0.25) is 14.6 Å². The number of piperidine rings is 1. The molecule has 24 heavy (non-hydrogen) atoms. The predicted molar refractivity (Wildman–Crippen MR) is 89.5 cm³/mol. The molecule has 0 aromatic carbocycles. The fourth-order valence-corrected chi connectivity index (χ4v) is 3.82. The Morgan fingerprint density at radius 2 is 1.96 bits per heavy atom. The van der Waals surface area contributed by atoms with Crippen LogP contribution in [0, 0.1) is 11.3 Å². The third-order valence-corrected chi connectivity index (χ3v) is 5.60. The smallest absolute Gasteiger partial charge is 0.309 e. The van der Waals surface area contributed by atoms with E-state index in [1.54, 1.807) is 11.1 Å². The van der Waals surface area contributed by atoms with Crippen LogP contribution in [0.2, 0.25) is 0 Å². The van der Waals surface area contributed by atoms with Crippen molar-refractivity contribution in [1.82, 2.24) is 14.8 Å². The van der Waals surface area contributed by atoms with Gasteiger partial charge >= 0.3 is 5.97 Å². The second-order valence-corrected chi connectivity index (χ2v) is 7.38. The quantitative estimate of drug-likeness (QED) is 0.907. The van der Waals surface area contributed by atoms with Crippen LogP contribution in [0.15, 0.2) is 24.4 Å². The number of nitrogens with zero attached hydrogens (tertiary/aromatic N) is 3. The van der Waals surface area contributed by atoms with Crippen LogP contribution in [0.5, 0.6) is 0 Å². The van der Waals surface area contributed by atoms with E-state index >= 15 is 0 Å². The first-order valence-electron chi connectivity index (χ1n) is 8.52. The summed E-state index contributed by atoms with van der Waals surface area (Å²) < 4.78 is 0. The minimum Gasteiger partial charge on any atom is -0.481 e. The van der Waals surface area contributed by atoms with Crippen LogP contribution in [0.25, 0.3) is 0 Å². The summed E-state index contributed by atoms with van der Waals surface area (Å²) in [6.07, 6.45) is 3.33. The van der Waals surface area contributed by atoms with E-state index < -0.39 is 11.9 Å². The Morgan fingerprint density at radius 1 is 1.25 bits per heavy atom. The molecule has 3 heterocycles. The molecule has 1 aromatic rings. The zero-order valence-corrected chi connectivity index (χ0v) is 14.3. The number of carbonyl (C=O) groups is 2. The predicted octanol–water partition coefficient (Wildman–Crippen LogP) is 1.44. The van der Waals surface area contributed by atoms with Crippen LogP contribution < -0.4 is 0 Å². The van der Waals surface area contributed by atoms with E-state index in [9.17, 15) is 14.7 Å². The van der Waals surface area contributed by atoms with Gasteiger partial charge in [-0.05, 0) is 45.1 Å². The minimum atomic E-state index is -0.852. The largest absolute Gasteiger partial charge is 0.481 e. The summed E-state index contributed by atoms with van der Waals surface area (Å²) >= 11 is 0. The molecule has 6 heteroatoms. The lowest BCUT2D eigenvalue weighted by atomic mass is 9.79. The average Bonchev–Trinajstić information content (AvgIpc) is 3.03. The highest BCUT2D eigenvalue weighted by atomic mass is 16.4. The number of hydrogen-bond acceptors (Lipinski definition) is 4.